The van der Waals surface area contributed by atoms with Crippen LogP contribution in [-0.4, -0.2) is 4.57 Å². The molecule has 0 fully saturated rings. The third kappa shape index (κ3) is 3.20. The topological polar surface area (TPSA) is 37.9 Å². The minimum atomic E-state index is -0.171. The van der Waals surface area contributed by atoms with Gasteiger partial charge in [0, 0.05) is 33.0 Å². The zero-order chi connectivity index (χ0) is 25.1. The van der Waals surface area contributed by atoms with Gasteiger partial charge in [0.05, 0.1) is 22.7 Å². The molecule has 0 atom stereocenters. The second-order valence-electron chi connectivity index (χ2n) is 10.2. The highest BCUT2D eigenvalue weighted by Gasteiger charge is 2.34. The summed E-state index contributed by atoms with van der Waals surface area (Å²) in [5, 5.41) is 11.8. The Kier molecular flexibility index (Phi) is 4.55. The van der Waals surface area contributed by atoms with E-state index in [1.165, 1.54) is 11.1 Å². The number of nitriles is 1. The van der Waals surface area contributed by atoms with Crippen molar-refractivity contribution in [2.24, 2.45) is 0 Å². The van der Waals surface area contributed by atoms with Gasteiger partial charge in [-0.1, -0.05) is 62.4 Å². The molecule has 7 rings (SSSR count). The molecule has 1 aromatic heterocycles. The molecule has 0 spiro atoms. The summed E-state index contributed by atoms with van der Waals surface area (Å²) in [6.07, 6.45) is 0. The van der Waals surface area contributed by atoms with E-state index in [9.17, 15) is 5.26 Å². The molecule has 0 amide bonds. The summed E-state index contributed by atoms with van der Waals surface area (Å²) >= 11 is 0. The molecule has 0 saturated carbocycles. The Morgan fingerprint density at radius 3 is 2.11 bits per heavy atom. The minimum Gasteiger partial charge on any atom is -0.457 e. The summed E-state index contributed by atoms with van der Waals surface area (Å²) < 4.78 is 8.55. The largest absolute Gasteiger partial charge is 0.457 e. The zero-order valence-corrected chi connectivity index (χ0v) is 20.7. The first-order chi connectivity index (χ1) is 18.0. The minimum absolute atomic E-state index is 0.171. The van der Waals surface area contributed by atoms with Gasteiger partial charge in [-0.2, -0.15) is 5.26 Å². The fraction of sp³-hybridized carbons (Fsp3) is 0.0882. The van der Waals surface area contributed by atoms with Gasteiger partial charge in [-0.25, -0.2) is 0 Å². The number of aromatic nitrogens is 1. The van der Waals surface area contributed by atoms with Gasteiger partial charge in [-0.15, -0.1) is 0 Å². The highest BCUT2D eigenvalue weighted by Crippen LogP contribution is 2.49. The van der Waals surface area contributed by atoms with Crippen LogP contribution in [-0.2, 0) is 5.41 Å². The molecule has 1 aliphatic heterocycles. The molecule has 1 aliphatic rings. The third-order valence-electron chi connectivity index (χ3n) is 7.68. The van der Waals surface area contributed by atoms with Gasteiger partial charge in [0.1, 0.15) is 11.5 Å². The van der Waals surface area contributed by atoms with Crippen LogP contribution in [0.2, 0.25) is 0 Å². The molecule has 3 heteroatoms. The van der Waals surface area contributed by atoms with Crippen molar-refractivity contribution in [1.29, 1.82) is 5.26 Å². The first-order valence-corrected chi connectivity index (χ1v) is 12.5. The van der Waals surface area contributed by atoms with Crippen LogP contribution in [0.15, 0.2) is 109 Å². The van der Waals surface area contributed by atoms with E-state index in [1.807, 2.05) is 30.3 Å². The molecule has 5 aromatic carbocycles. The van der Waals surface area contributed by atoms with Gasteiger partial charge >= 0.3 is 0 Å². The fourth-order valence-corrected chi connectivity index (χ4v) is 5.75. The summed E-state index contributed by atoms with van der Waals surface area (Å²) in [7, 11) is 0. The van der Waals surface area contributed by atoms with Crippen LogP contribution >= 0.6 is 0 Å². The molecule has 2 heterocycles. The number of hydrogen-bond acceptors (Lipinski definition) is 2. The lowest BCUT2D eigenvalue weighted by atomic mass is 9.75. The van der Waals surface area contributed by atoms with Gasteiger partial charge in [0.25, 0.3) is 0 Å². The summed E-state index contributed by atoms with van der Waals surface area (Å²) in [5.41, 5.74) is 8.47. The van der Waals surface area contributed by atoms with Crippen molar-refractivity contribution >= 4 is 21.8 Å². The molecule has 37 heavy (non-hydrogen) atoms. The van der Waals surface area contributed by atoms with E-state index < -0.39 is 0 Å². The predicted octanol–water partition coefficient (Wildman–Crippen LogP) is 8.75. The number of para-hydroxylation sites is 2. The van der Waals surface area contributed by atoms with Crippen molar-refractivity contribution in [2.45, 2.75) is 19.3 Å². The molecule has 176 valence electrons. The van der Waals surface area contributed by atoms with Gasteiger partial charge in [0.2, 0.25) is 0 Å². The van der Waals surface area contributed by atoms with E-state index in [-0.39, 0.29) is 5.41 Å². The number of ether oxygens (including phenoxy) is 1. The van der Waals surface area contributed by atoms with Crippen LogP contribution in [0.5, 0.6) is 11.5 Å². The van der Waals surface area contributed by atoms with Crippen molar-refractivity contribution in [3.05, 3.63) is 126 Å². The Morgan fingerprint density at radius 1 is 0.649 bits per heavy atom. The van der Waals surface area contributed by atoms with Gasteiger partial charge < -0.3 is 9.30 Å². The first-order valence-electron chi connectivity index (χ1n) is 12.5. The fourth-order valence-electron chi connectivity index (χ4n) is 5.75. The van der Waals surface area contributed by atoms with Crippen LogP contribution in [0.25, 0.3) is 38.6 Å². The molecular formula is C34H24N2O. The number of fused-ring (bicyclic) bond motifs is 5. The lowest BCUT2D eigenvalue weighted by Crippen LogP contribution is -2.24. The standard InChI is InChI=1S/C34H24N2O/c1-34(2)28-10-6-7-11-32(28)37-33-17-14-24(20-29(33)34)23-13-16-31-27(19-23)26-18-22(21-35)12-15-30(26)36(31)25-8-4-3-5-9-25/h3-20H,1-2H3. The lowest BCUT2D eigenvalue weighted by molar-refractivity contribution is 0.418. The maximum atomic E-state index is 9.59. The number of hydrogen-bond donors (Lipinski definition) is 0. The van der Waals surface area contributed by atoms with Crippen LogP contribution in [0, 0.1) is 11.3 Å². The number of benzene rings is 5. The third-order valence-corrected chi connectivity index (χ3v) is 7.68. The normalized spacial score (nSPS) is 13.5. The summed E-state index contributed by atoms with van der Waals surface area (Å²) in [6.45, 7) is 4.52. The number of rotatable bonds is 2. The van der Waals surface area contributed by atoms with Crippen LogP contribution < -0.4 is 4.74 Å². The van der Waals surface area contributed by atoms with Crippen LogP contribution in [0.1, 0.15) is 30.5 Å². The molecule has 3 nitrogen and oxygen atoms in total. The summed E-state index contributed by atoms with van der Waals surface area (Å²) in [6, 6.07) is 40.1. The Morgan fingerprint density at radius 2 is 1.30 bits per heavy atom. The van der Waals surface area contributed by atoms with Crippen molar-refractivity contribution in [3.8, 4) is 34.4 Å². The zero-order valence-electron chi connectivity index (χ0n) is 20.7. The summed E-state index contributed by atoms with van der Waals surface area (Å²) in [4.78, 5) is 0. The van der Waals surface area contributed by atoms with Gasteiger partial charge in [-0.3, -0.25) is 0 Å². The van der Waals surface area contributed by atoms with E-state index in [1.54, 1.807) is 0 Å². The molecule has 0 unspecified atom stereocenters. The molecule has 0 N–H and O–H groups in total. The monoisotopic (exact) mass is 476 g/mol. The van der Waals surface area contributed by atoms with E-state index in [4.69, 9.17) is 4.74 Å². The van der Waals surface area contributed by atoms with Crippen molar-refractivity contribution in [1.82, 2.24) is 4.57 Å². The Hall–Kier alpha value is -4.81. The SMILES string of the molecule is CC1(C)c2ccccc2Oc2ccc(-c3ccc4c(c3)c3cc(C#N)ccc3n4-c3ccccc3)cc21. The Bertz CT molecular complexity index is 1890. The second kappa shape index (κ2) is 7.85. The lowest BCUT2D eigenvalue weighted by Gasteiger charge is -2.34. The quantitative estimate of drug-likeness (QED) is 0.250. The maximum absolute atomic E-state index is 9.59. The maximum Gasteiger partial charge on any atom is 0.131 e. The number of nitrogens with zero attached hydrogens (tertiary/aromatic N) is 2. The van der Waals surface area contributed by atoms with Gasteiger partial charge in [-0.05, 0) is 71.8 Å². The molecule has 0 aliphatic carbocycles. The highest BCUT2D eigenvalue weighted by atomic mass is 16.5. The average molecular weight is 477 g/mol. The van der Waals surface area contributed by atoms with Gasteiger partial charge in [0.15, 0.2) is 0 Å². The van der Waals surface area contributed by atoms with E-state index in [0.717, 1.165) is 50.1 Å². The predicted molar refractivity (Wildman–Crippen MR) is 150 cm³/mol. The van der Waals surface area contributed by atoms with Crippen molar-refractivity contribution < 1.29 is 4.74 Å². The van der Waals surface area contributed by atoms with E-state index in [2.05, 4.69) is 103 Å². The van der Waals surface area contributed by atoms with Crippen molar-refractivity contribution in [3.63, 3.8) is 0 Å². The average Bonchev–Trinajstić information content (AvgIpc) is 3.26. The van der Waals surface area contributed by atoms with Crippen LogP contribution in [0.3, 0.4) is 0 Å². The molecule has 0 saturated heterocycles. The molecule has 0 radical (unpaired) electrons. The Labute approximate surface area is 215 Å². The molecular weight excluding hydrogens is 452 g/mol. The molecule has 0 bridgehead atoms. The first kappa shape index (κ1) is 21.5. The van der Waals surface area contributed by atoms with Crippen LogP contribution in [0.4, 0.5) is 0 Å². The Balaban J connectivity index is 1.43. The second-order valence-corrected chi connectivity index (χ2v) is 10.2. The van der Waals surface area contributed by atoms with E-state index >= 15 is 0 Å². The summed E-state index contributed by atoms with van der Waals surface area (Å²) in [5.74, 6) is 1.84. The highest BCUT2D eigenvalue weighted by molar-refractivity contribution is 6.10. The van der Waals surface area contributed by atoms with E-state index in [0.29, 0.717) is 5.56 Å². The smallest absolute Gasteiger partial charge is 0.131 e. The van der Waals surface area contributed by atoms with Crippen molar-refractivity contribution in [2.75, 3.05) is 0 Å². The molecule has 6 aromatic rings.